The van der Waals surface area contributed by atoms with Gasteiger partial charge in [0.15, 0.2) is 0 Å². The van der Waals surface area contributed by atoms with Crippen LogP contribution in [0.1, 0.15) is 27.0 Å². The third-order valence-electron chi connectivity index (χ3n) is 3.05. The first kappa shape index (κ1) is 13.6. The molecule has 0 heterocycles. The van der Waals surface area contributed by atoms with Gasteiger partial charge in [0.25, 0.3) is 5.91 Å². The van der Waals surface area contributed by atoms with Crippen LogP contribution in [0.5, 0.6) is 0 Å². The number of amides is 1. The minimum absolute atomic E-state index is 0.119. The maximum atomic E-state index is 12.2. The Hall–Kier alpha value is -1.80. The molecule has 0 fully saturated rings. The van der Waals surface area contributed by atoms with Crippen LogP contribution >= 0.6 is 11.6 Å². The van der Waals surface area contributed by atoms with Gasteiger partial charge in [0.2, 0.25) is 0 Å². The van der Waals surface area contributed by atoms with E-state index in [1.54, 1.807) is 18.2 Å². The molecule has 2 aromatic rings. The van der Waals surface area contributed by atoms with Gasteiger partial charge in [0.1, 0.15) is 0 Å². The van der Waals surface area contributed by atoms with E-state index in [0.717, 1.165) is 16.8 Å². The predicted molar refractivity (Wildman–Crippen MR) is 80.1 cm³/mol. The van der Waals surface area contributed by atoms with E-state index in [-0.39, 0.29) is 5.91 Å². The standard InChI is InChI=1S/C16H16ClNO/c1-10-4-7-15(12(3)8-10)18-16(19)13-5-6-14(17)11(2)9-13/h4-9H,1-3H3,(H,18,19). The van der Waals surface area contributed by atoms with E-state index in [9.17, 15) is 4.79 Å². The molecule has 0 aliphatic heterocycles. The van der Waals surface area contributed by atoms with E-state index in [0.29, 0.717) is 10.6 Å². The van der Waals surface area contributed by atoms with Crippen molar-refractivity contribution in [2.75, 3.05) is 5.32 Å². The molecular weight excluding hydrogens is 258 g/mol. The van der Waals surface area contributed by atoms with Crippen LogP contribution in [0, 0.1) is 20.8 Å². The average molecular weight is 274 g/mol. The lowest BCUT2D eigenvalue weighted by Crippen LogP contribution is -2.13. The minimum Gasteiger partial charge on any atom is -0.322 e. The summed E-state index contributed by atoms with van der Waals surface area (Å²) in [5, 5.41) is 3.59. The van der Waals surface area contributed by atoms with E-state index >= 15 is 0 Å². The molecule has 2 aromatic carbocycles. The van der Waals surface area contributed by atoms with E-state index in [1.165, 1.54) is 5.56 Å². The smallest absolute Gasteiger partial charge is 0.255 e. The first-order valence-corrected chi connectivity index (χ1v) is 6.50. The van der Waals surface area contributed by atoms with Gasteiger partial charge < -0.3 is 5.32 Å². The third-order valence-corrected chi connectivity index (χ3v) is 3.47. The number of rotatable bonds is 2. The molecule has 2 nitrogen and oxygen atoms in total. The van der Waals surface area contributed by atoms with Gasteiger partial charge in [-0.1, -0.05) is 29.3 Å². The van der Waals surface area contributed by atoms with Crippen LogP contribution in [-0.2, 0) is 0 Å². The number of halogens is 1. The van der Waals surface area contributed by atoms with Crippen molar-refractivity contribution in [1.82, 2.24) is 0 Å². The van der Waals surface area contributed by atoms with Crippen molar-refractivity contribution in [2.45, 2.75) is 20.8 Å². The largest absolute Gasteiger partial charge is 0.322 e. The summed E-state index contributed by atoms with van der Waals surface area (Å²) in [6, 6.07) is 11.2. The quantitative estimate of drug-likeness (QED) is 0.856. The van der Waals surface area contributed by atoms with Crippen LogP contribution in [0.4, 0.5) is 5.69 Å². The summed E-state index contributed by atoms with van der Waals surface area (Å²) in [4.78, 5) is 12.2. The highest BCUT2D eigenvalue weighted by Crippen LogP contribution is 2.19. The molecule has 0 aliphatic carbocycles. The molecule has 0 aliphatic rings. The van der Waals surface area contributed by atoms with Crippen LogP contribution < -0.4 is 5.32 Å². The molecule has 1 amide bonds. The zero-order valence-electron chi connectivity index (χ0n) is 11.3. The topological polar surface area (TPSA) is 29.1 Å². The lowest BCUT2D eigenvalue weighted by atomic mass is 10.1. The summed E-state index contributed by atoms with van der Waals surface area (Å²) in [5.74, 6) is -0.119. The number of hydrogen-bond donors (Lipinski definition) is 1. The van der Waals surface area contributed by atoms with Crippen molar-refractivity contribution in [2.24, 2.45) is 0 Å². The Morgan fingerprint density at radius 3 is 2.37 bits per heavy atom. The van der Waals surface area contributed by atoms with Gasteiger partial charge in [-0.05, 0) is 56.2 Å². The molecule has 2 rings (SSSR count). The first-order chi connectivity index (χ1) is 8.97. The first-order valence-electron chi connectivity index (χ1n) is 6.12. The van der Waals surface area contributed by atoms with Crippen LogP contribution in [0.3, 0.4) is 0 Å². The summed E-state index contributed by atoms with van der Waals surface area (Å²) in [6.07, 6.45) is 0. The zero-order valence-corrected chi connectivity index (χ0v) is 12.0. The van der Waals surface area contributed by atoms with Gasteiger partial charge in [-0.15, -0.1) is 0 Å². The molecule has 0 atom stereocenters. The molecule has 0 spiro atoms. The fourth-order valence-corrected chi connectivity index (χ4v) is 2.05. The predicted octanol–water partition coefficient (Wildman–Crippen LogP) is 4.52. The second kappa shape index (κ2) is 5.45. The zero-order chi connectivity index (χ0) is 14.0. The molecule has 0 aromatic heterocycles. The number of carbonyl (C=O) groups excluding carboxylic acids is 1. The molecule has 0 saturated carbocycles. The number of benzene rings is 2. The van der Waals surface area contributed by atoms with Crippen LogP contribution in [0.15, 0.2) is 36.4 Å². The monoisotopic (exact) mass is 273 g/mol. The number of anilines is 1. The van der Waals surface area contributed by atoms with Crippen molar-refractivity contribution >= 4 is 23.2 Å². The van der Waals surface area contributed by atoms with Gasteiger partial charge in [0.05, 0.1) is 0 Å². The van der Waals surface area contributed by atoms with Gasteiger partial charge in [-0.25, -0.2) is 0 Å². The Morgan fingerprint density at radius 1 is 1.00 bits per heavy atom. The third kappa shape index (κ3) is 3.15. The Bertz CT molecular complexity index is 635. The van der Waals surface area contributed by atoms with Crippen molar-refractivity contribution in [3.8, 4) is 0 Å². The van der Waals surface area contributed by atoms with E-state index in [2.05, 4.69) is 5.32 Å². The Balaban J connectivity index is 2.23. The van der Waals surface area contributed by atoms with Crippen molar-refractivity contribution < 1.29 is 4.79 Å². The van der Waals surface area contributed by atoms with E-state index in [4.69, 9.17) is 11.6 Å². The van der Waals surface area contributed by atoms with E-state index < -0.39 is 0 Å². The summed E-state index contributed by atoms with van der Waals surface area (Å²) in [5.41, 5.74) is 4.58. The van der Waals surface area contributed by atoms with Crippen LogP contribution in [0.2, 0.25) is 5.02 Å². The molecule has 3 heteroatoms. The summed E-state index contributed by atoms with van der Waals surface area (Å²) in [7, 11) is 0. The van der Waals surface area contributed by atoms with Crippen molar-refractivity contribution in [3.63, 3.8) is 0 Å². The van der Waals surface area contributed by atoms with Gasteiger partial charge >= 0.3 is 0 Å². The lowest BCUT2D eigenvalue weighted by molar-refractivity contribution is 0.102. The van der Waals surface area contributed by atoms with Crippen molar-refractivity contribution in [1.29, 1.82) is 0 Å². The van der Waals surface area contributed by atoms with Gasteiger partial charge in [-0.2, -0.15) is 0 Å². The lowest BCUT2D eigenvalue weighted by Gasteiger charge is -2.10. The SMILES string of the molecule is Cc1ccc(NC(=O)c2ccc(Cl)c(C)c2)c(C)c1. The number of nitrogens with one attached hydrogen (secondary N) is 1. The molecule has 0 radical (unpaired) electrons. The summed E-state index contributed by atoms with van der Waals surface area (Å²) in [6.45, 7) is 5.90. The highest BCUT2D eigenvalue weighted by atomic mass is 35.5. The molecule has 19 heavy (non-hydrogen) atoms. The molecule has 0 bridgehead atoms. The molecular formula is C16H16ClNO. The Kier molecular flexibility index (Phi) is 3.91. The normalized spacial score (nSPS) is 10.3. The Morgan fingerprint density at radius 2 is 1.74 bits per heavy atom. The maximum absolute atomic E-state index is 12.2. The molecule has 98 valence electrons. The number of carbonyl (C=O) groups is 1. The highest BCUT2D eigenvalue weighted by molar-refractivity contribution is 6.31. The van der Waals surface area contributed by atoms with Gasteiger partial charge in [0, 0.05) is 16.3 Å². The van der Waals surface area contributed by atoms with E-state index in [1.807, 2.05) is 39.0 Å². The summed E-state index contributed by atoms with van der Waals surface area (Å²) >= 11 is 5.96. The second-order valence-electron chi connectivity index (χ2n) is 4.74. The molecule has 0 unspecified atom stereocenters. The molecule has 0 saturated heterocycles. The van der Waals surface area contributed by atoms with Gasteiger partial charge in [-0.3, -0.25) is 4.79 Å². The maximum Gasteiger partial charge on any atom is 0.255 e. The fourth-order valence-electron chi connectivity index (χ4n) is 1.93. The van der Waals surface area contributed by atoms with Crippen molar-refractivity contribution in [3.05, 3.63) is 63.7 Å². The minimum atomic E-state index is -0.119. The highest BCUT2D eigenvalue weighted by Gasteiger charge is 2.09. The Labute approximate surface area is 118 Å². The fraction of sp³-hybridized carbons (Fsp3) is 0.188. The average Bonchev–Trinajstić information content (AvgIpc) is 2.36. The summed E-state index contributed by atoms with van der Waals surface area (Å²) < 4.78 is 0. The second-order valence-corrected chi connectivity index (χ2v) is 5.14. The molecule has 1 N–H and O–H groups in total. The van der Waals surface area contributed by atoms with Crippen LogP contribution in [-0.4, -0.2) is 5.91 Å². The van der Waals surface area contributed by atoms with Crippen LogP contribution in [0.25, 0.3) is 0 Å². The number of hydrogen-bond acceptors (Lipinski definition) is 1. The number of aryl methyl sites for hydroxylation is 3.